The molecule has 2 fully saturated rings. The number of halogens is 4. The molecule has 1 aromatic heterocycles. The molecule has 0 radical (unpaired) electrons. The standard InChI is InChI=1S/C21H24F3N5O6S.ClH/c22-21(23,24)35-17-3-1-15(2-4-17)16-13-25-19(26-14-16)28-7-9-29(10-8-28)36(32,33)20(18(30)27-31)5-11-34-12-6-20;/h1-4,13-14,31H,5-12H2,(H,27,30);1H. The van der Waals surface area contributed by atoms with Crippen molar-refractivity contribution in [1.82, 2.24) is 19.8 Å². The van der Waals surface area contributed by atoms with Crippen LogP contribution in [0.4, 0.5) is 19.1 Å². The summed E-state index contributed by atoms with van der Waals surface area (Å²) < 4.78 is 72.3. The predicted octanol–water partition coefficient (Wildman–Crippen LogP) is 1.97. The predicted molar refractivity (Wildman–Crippen MR) is 127 cm³/mol. The van der Waals surface area contributed by atoms with E-state index in [1.165, 1.54) is 46.4 Å². The first-order chi connectivity index (χ1) is 17.1. The molecule has 0 bridgehead atoms. The Hall–Kier alpha value is -2.72. The van der Waals surface area contributed by atoms with Crippen LogP contribution in [0.1, 0.15) is 12.8 Å². The Kier molecular flexibility index (Phi) is 8.85. The number of amides is 1. The van der Waals surface area contributed by atoms with Gasteiger partial charge in [-0.15, -0.1) is 25.6 Å². The summed E-state index contributed by atoms with van der Waals surface area (Å²) in [6.07, 6.45) is -1.85. The quantitative estimate of drug-likeness (QED) is 0.397. The van der Waals surface area contributed by atoms with Crippen molar-refractivity contribution < 1.29 is 41.1 Å². The number of carbonyl (C=O) groups excluding carboxylic acids is 1. The second-order valence-electron chi connectivity index (χ2n) is 8.28. The van der Waals surface area contributed by atoms with Crippen molar-refractivity contribution in [2.75, 3.05) is 44.3 Å². The minimum absolute atomic E-state index is 0. The smallest absolute Gasteiger partial charge is 0.406 e. The van der Waals surface area contributed by atoms with Crippen LogP contribution in [0, 0.1) is 0 Å². The zero-order valence-electron chi connectivity index (χ0n) is 19.3. The fraction of sp³-hybridized carbons (Fsp3) is 0.476. The molecule has 2 aliphatic heterocycles. The molecule has 37 heavy (non-hydrogen) atoms. The highest BCUT2D eigenvalue weighted by Crippen LogP contribution is 2.34. The van der Waals surface area contributed by atoms with Crippen LogP contribution in [0.25, 0.3) is 11.1 Å². The van der Waals surface area contributed by atoms with E-state index in [1.54, 1.807) is 4.90 Å². The Morgan fingerprint density at radius 3 is 2.11 bits per heavy atom. The lowest BCUT2D eigenvalue weighted by Gasteiger charge is -2.41. The molecule has 2 aliphatic rings. The van der Waals surface area contributed by atoms with Crippen molar-refractivity contribution in [1.29, 1.82) is 0 Å². The summed E-state index contributed by atoms with van der Waals surface area (Å²) in [6, 6.07) is 5.30. The summed E-state index contributed by atoms with van der Waals surface area (Å²) in [5.41, 5.74) is 2.67. The molecule has 11 nitrogen and oxygen atoms in total. The molecule has 2 saturated heterocycles. The lowest BCUT2D eigenvalue weighted by Crippen LogP contribution is -2.62. The van der Waals surface area contributed by atoms with Crippen LogP contribution in [0.3, 0.4) is 0 Å². The lowest BCUT2D eigenvalue weighted by atomic mass is 9.98. The number of piperazine rings is 1. The van der Waals surface area contributed by atoms with Gasteiger partial charge in [0.15, 0.2) is 4.75 Å². The van der Waals surface area contributed by atoms with Gasteiger partial charge in [-0.3, -0.25) is 10.0 Å². The Bertz CT molecular complexity index is 1170. The minimum atomic E-state index is -4.77. The van der Waals surface area contributed by atoms with E-state index in [2.05, 4.69) is 14.7 Å². The summed E-state index contributed by atoms with van der Waals surface area (Å²) in [7, 11) is -4.09. The summed E-state index contributed by atoms with van der Waals surface area (Å²) in [5, 5.41) is 9.17. The Balaban J connectivity index is 0.00000380. The molecule has 2 aromatic rings. The van der Waals surface area contributed by atoms with Crippen molar-refractivity contribution in [3.8, 4) is 16.9 Å². The first-order valence-corrected chi connectivity index (χ1v) is 12.4. The van der Waals surface area contributed by atoms with Gasteiger partial charge in [-0.2, -0.15) is 4.31 Å². The first-order valence-electron chi connectivity index (χ1n) is 11.0. The molecule has 3 heterocycles. The highest BCUT2D eigenvalue weighted by Gasteiger charge is 2.54. The average Bonchev–Trinajstić information content (AvgIpc) is 2.88. The number of aromatic nitrogens is 2. The third kappa shape index (κ3) is 6.06. The van der Waals surface area contributed by atoms with E-state index in [9.17, 15) is 26.4 Å². The summed E-state index contributed by atoms with van der Waals surface area (Å²) in [4.78, 5) is 22.8. The van der Waals surface area contributed by atoms with Gasteiger partial charge in [0, 0.05) is 70.2 Å². The number of anilines is 1. The maximum atomic E-state index is 13.4. The molecule has 0 saturated carbocycles. The van der Waals surface area contributed by atoms with Gasteiger partial charge >= 0.3 is 6.36 Å². The van der Waals surface area contributed by atoms with E-state index in [1.807, 2.05) is 0 Å². The molecular formula is C21H25ClF3N5O6S. The van der Waals surface area contributed by atoms with E-state index in [-0.39, 0.29) is 70.4 Å². The molecule has 204 valence electrons. The number of sulfonamides is 1. The summed E-state index contributed by atoms with van der Waals surface area (Å²) in [5.74, 6) is -0.942. The second kappa shape index (κ2) is 11.3. The SMILES string of the molecule is Cl.O=C(NO)C1(S(=O)(=O)N2CCN(c3ncc(-c4ccc(OC(F)(F)F)cc4)cn3)CC2)CCOCC1. The van der Waals surface area contributed by atoms with Gasteiger partial charge in [-0.1, -0.05) is 12.1 Å². The third-order valence-electron chi connectivity index (χ3n) is 6.23. The van der Waals surface area contributed by atoms with E-state index < -0.39 is 27.0 Å². The number of rotatable bonds is 6. The van der Waals surface area contributed by atoms with Crippen molar-refractivity contribution in [3.05, 3.63) is 36.7 Å². The van der Waals surface area contributed by atoms with Crippen molar-refractivity contribution >= 4 is 34.3 Å². The molecule has 4 rings (SSSR count). The van der Waals surface area contributed by atoms with Crippen LogP contribution in [-0.2, 0) is 19.6 Å². The van der Waals surface area contributed by atoms with Gasteiger partial charge in [0.1, 0.15) is 5.75 Å². The fourth-order valence-electron chi connectivity index (χ4n) is 4.26. The van der Waals surface area contributed by atoms with Crippen molar-refractivity contribution in [2.24, 2.45) is 0 Å². The van der Waals surface area contributed by atoms with E-state index in [0.29, 0.717) is 17.1 Å². The molecule has 0 atom stereocenters. The number of hydroxylamine groups is 1. The number of ether oxygens (including phenoxy) is 2. The zero-order chi connectivity index (χ0) is 26.0. The second-order valence-corrected chi connectivity index (χ2v) is 10.5. The monoisotopic (exact) mass is 567 g/mol. The van der Waals surface area contributed by atoms with Crippen molar-refractivity contribution in [3.63, 3.8) is 0 Å². The Labute approximate surface area is 217 Å². The topological polar surface area (TPSA) is 134 Å². The van der Waals surface area contributed by atoms with Crippen LogP contribution in [0.2, 0.25) is 0 Å². The first kappa shape index (κ1) is 28.8. The molecule has 2 N–H and O–H groups in total. The molecule has 0 aliphatic carbocycles. The van der Waals surface area contributed by atoms with Gasteiger partial charge < -0.3 is 14.4 Å². The molecule has 16 heteroatoms. The van der Waals surface area contributed by atoms with E-state index >= 15 is 0 Å². The van der Waals surface area contributed by atoms with Crippen LogP contribution in [-0.4, -0.2) is 84.3 Å². The third-order valence-corrected chi connectivity index (χ3v) is 8.86. The number of carbonyl (C=O) groups is 1. The normalized spacial score (nSPS) is 18.5. The van der Waals surface area contributed by atoms with Crippen LogP contribution < -0.4 is 15.1 Å². The maximum Gasteiger partial charge on any atom is 0.573 e. The lowest BCUT2D eigenvalue weighted by molar-refractivity contribution is -0.274. The molecule has 0 unspecified atom stereocenters. The van der Waals surface area contributed by atoms with E-state index in [4.69, 9.17) is 9.94 Å². The van der Waals surface area contributed by atoms with Gasteiger partial charge in [0.25, 0.3) is 5.91 Å². The number of hydrogen-bond donors (Lipinski definition) is 2. The van der Waals surface area contributed by atoms with Crippen LogP contribution in [0.15, 0.2) is 36.7 Å². The molecule has 1 aromatic carbocycles. The number of benzene rings is 1. The number of nitrogens with one attached hydrogen (secondary N) is 1. The molecular weight excluding hydrogens is 543 g/mol. The number of alkyl halides is 3. The largest absolute Gasteiger partial charge is 0.573 e. The van der Waals surface area contributed by atoms with Crippen LogP contribution >= 0.6 is 12.4 Å². The molecule has 0 spiro atoms. The minimum Gasteiger partial charge on any atom is -0.406 e. The van der Waals surface area contributed by atoms with Gasteiger partial charge in [-0.05, 0) is 17.7 Å². The van der Waals surface area contributed by atoms with Gasteiger partial charge in [-0.25, -0.2) is 23.9 Å². The van der Waals surface area contributed by atoms with Gasteiger partial charge in [0.05, 0.1) is 0 Å². The number of hydrogen-bond acceptors (Lipinski definition) is 9. The number of nitrogens with zero attached hydrogens (tertiary/aromatic N) is 4. The average molecular weight is 568 g/mol. The maximum absolute atomic E-state index is 13.4. The zero-order valence-corrected chi connectivity index (χ0v) is 21.0. The Morgan fingerprint density at radius 2 is 1.59 bits per heavy atom. The Morgan fingerprint density at radius 1 is 1.03 bits per heavy atom. The van der Waals surface area contributed by atoms with Crippen molar-refractivity contribution in [2.45, 2.75) is 24.0 Å². The highest BCUT2D eigenvalue weighted by atomic mass is 35.5. The fourth-order valence-corrected chi connectivity index (χ4v) is 6.36. The van der Waals surface area contributed by atoms with Crippen LogP contribution in [0.5, 0.6) is 5.75 Å². The van der Waals surface area contributed by atoms with Gasteiger partial charge in [0.2, 0.25) is 16.0 Å². The summed E-state index contributed by atoms with van der Waals surface area (Å²) in [6.45, 7) is 0.908. The molecule has 1 amide bonds. The van der Waals surface area contributed by atoms with E-state index in [0.717, 1.165) is 0 Å². The highest BCUT2D eigenvalue weighted by molar-refractivity contribution is 7.91. The summed E-state index contributed by atoms with van der Waals surface area (Å²) >= 11 is 0.